The van der Waals surface area contributed by atoms with E-state index >= 15 is 0 Å². The van der Waals surface area contributed by atoms with E-state index in [1.807, 2.05) is 25.1 Å². The molecule has 0 fully saturated rings. The minimum atomic E-state index is -0.647. The van der Waals surface area contributed by atoms with Gasteiger partial charge in [-0.2, -0.15) is 0 Å². The van der Waals surface area contributed by atoms with Gasteiger partial charge in [0.2, 0.25) is 5.89 Å². The van der Waals surface area contributed by atoms with Crippen molar-refractivity contribution in [2.75, 3.05) is 12.4 Å². The number of aryl methyl sites for hydroxylation is 1. The molecule has 11 heteroatoms. The number of phenolic OH excluding ortho intramolecular Hbond substituents is 1. The van der Waals surface area contributed by atoms with Crippen LogP contribution in [-0.4, -0.2) is 33.1 Å². The van der Waals surface area contributed by atoms with E-state index in [1.165, 1.54) is 25.3 Å². The third-order valence-corrected chi connectivity index (χ3v) is 5.10. The van der Waals surface area contributed by atoms with Gasteiger partial charge in [0.05, 0.1) is 17.6 Å². The molecule has 0 aliphatic heterocycles. The number of nitrogens with one attached hydrogen (secondary N) is 2. The monoisotopic (exact) mass is 478 g/mol. The number of methoxy groups -OCH3 is 1. The summed E-state index contributed by atoms with van der Waals surface area (Å²) in [6.07, 6.45) is 0. The Balaban J connectivity index is 1.47. The molecule has 0 atom stereocenters. The fraction of sp³-hybridized carbons (Fsp3) is 0.0870. The van der Waals surface area contributed by atoms with Crippen molar-refractivity contribution in [2.24, 2.45) is 0 Å². The Bertz CT molecular complexity index is 1450. The lowest BCUT2D eigenvalue weighted by molar-refractivity contribution is -0.385. The van der Waals surface area contributed by atoms with Gasteiger partial charge in [0.1, 0.15) is 11.3 Å². The van der Waals surface area contributed by atoms with E-state index in [9.17, 15) is 20.0 Å². The third kappa shape index (κ3) is 4.64. The number of phenols is 1. The standard InChI is InChI=1S/C23H18N4O6S/c1-12-3-7-16-20(9-12)33-22(25-16)15-6-5-14(11-18(15)28)24-23(34)26-21(29)13-4-8-19(32-2)17(10-13)27(30)31/h3-11,28H,1-2H3,(H2,24,26,29,34). The largest absolute Gasteiger partial charge is 0.507 e. The van der Waals surface area contributed by atoms with Crippen LogP contribution >= 0.6 is 12.2 Å². The molecule has 0 bridgehead atoms. The minimum absolute atomic E-state index is 0.0287. The molecule has 0 spiro atoms. The van der Waals surface area contributed by atoms with Gasteiger partial charge < -0.3 is 19.6 Å². The van der Waals surface area contributed by atoms with Crippen LogP contribution in [0, 0.1) is 17.0 Å². The maximum atomic E-state index is 12.5. The number of oxazole rings is 1. The summed E-state index contributed by atoms with van der Waals surface area (Å²) in [6, 6.07) is 14.1. The molecule has 34 heavy (non-hydrogen) atoms. The molecular formula is C23H18N4O6S. The number of nitro groups is 1. The first kappa shape index (κ1) is 22.7. The van der Waals surface area contributed by atoms with Crippen molar-refractivity contribution in [3.63, 3.8) is 0 Å². The summed E-state index contributed by atoms with van der Waals surface area (Å²) in [7, 11) is 1.30. The van der Waals surface area contributed by atoms with Crippen molar-refractivity contribution >= 4 is 45.7 Å². The Hall–Kier alpha value is -4.51. The number of amides is 1. The van der Waals surface area contributed by atoms with E-state index in [0.29, 0.717) is 22.4 Å². The maximum absolute atomic E-state index is 12.5. The SMILES string of the molecule is COc1ccc(C(=O)NC(=S)Nc2ccc(-c3nc4ccc(C)cc4o3)c(O)c2)cc1[N+](=O)[O-]. The number of hydrogen-bond donors (Lipinski definition) is 3. The molecule has 3 aromatic carbocycles. The summed E-state index contributed by atoms with van der Waals surface area (Å²) < 4.78 is 10.7. The molecule has 0 aliphatic rings. The Morgan fingerprint density at radius 3 is 2.68 bits per heavy atom. The molecule has 0 unspecified atom stereocenters. The average molecular weight is 478 g/mol. The van der Waals surface area contributed by atoms with E-state index in [1.54, 1.807) is 12.1 Å². The smallest absolute Gasteiger partial charge is 0.311 e. The van der Waals surface area contributed by atoms with Gasteiger partial charge in [0.25, 0.3) is 5.91 Å². The Labute approximate surface area is 198 Å². The second-order valence-corrected chi connectivity index (χ2v) is 7.68. The second kappa shape index (κ2) is 9.16. The number of anilines is 1. The first-order valence-corrected chi connectivity index (χ1v) is 10.3. The molecule has 0 saturated heterocycles. The lowest BCUT2D eigenvalue weighted by Crippen LogP contribution is -2.34. The Kier molecular flexibility index (Phi) is 6.11. The zero-order valence-corrected chi connectivity index (χ0v) is 18.8. The van der Waals surface area contributed by atoms with Crippen LogP contribution in [0.4, 0.5) is 11.4 Å². The van der Waals surface area contributed by atoms with E-state index in [0.717, 1.165) is 11.6 Å². The number of carbonyl (C=O) groups is 1. The number of nitro benzene ring substituents is 1. The molecule has 10 nitrogen and oxygen atoms in total. The fourth-order valence-electron chi connectivity index (χ4n) is 3.25. The number of nitrogens with zero attached hydrogens (tertiary/aromatic N) is 2. The third-order valence-electron chi connectivity index (χ3n) is 4.89. The zero-order valence-electron chi connectivity index (χ0n) is 18.0. The lowest BCUT2D eigenvalue weighted by atomic mass is 10.1. The molecule has 1 heterocycles. The predicted molar refractivity (Wildman–Crippen MR) is 129 cm³/mol. The molecule has 0 aliphatic carbocycles. The normalized spacial score (nSPS) is 10.6. The van der Waals surface area contributed by atoms with Gasteiger partial charge in [0.15, 0.2) is 16.4 Å². The predicted octanol–water partition coefficient (Wildman–Crippen LogP) is 4.55. The summed E-state index contributed by atoms with van der Waals surface area (Å²) in [5, 5.41) is 26.8. The molecule has 0 saturated carbocycles. The van der Waals surface area contributed by atoms with Crippen LogP contribution in [0.1, 0.15) is 15.9 Å². The van der Waals surface area contributed by atoms with Crippen molar-refractivity contribution in [3.8, 4) is 23.0 Å². The van der Waals surface area contributed by atoms with Gasteiger partial charge in [-0.1, -0.05) is 6.07 Å². The number of carbonyl (C=O) groups excluding carboxylic acids is 1. The van der Waals surface area contributed by atoms with Gasteiger partial charge >= 0.3 is 5.69 Å². The van der Waals surface area contributed by atoms with Crippen molar-refractivity contribution < 1.29 is 24.0 Å². The molecule has 4 aromatic rings. The number of aromatic nitrogens is 1. The van der Waals surface area contributed by atoms with Crippen LogP contribution in [0.5, 0.6) is 11.5 Å². The van der Waals surface area contributed by atoms with Crippen LogP contribution in [0.25, 0.3) is 22.6 Å². The van der Waals surface area contributed by atoms with Crippen LogP contribution in [-0.2, 0) is 0 Å². The van der Waals surface area contributed by atoms with Gasteiger partial charge in [-0.05, 0) is 61.1 Å². The molecule has 172 valence electrons. The lowest BCUT2D eigenvalue weighted by Gasteiger charge is -2.11. The first-order valence-electron chi connectivity index (χ1n) is 9.90. The van der Waals surface area contributed by atoms with Gasteiger partial charge in [-0.15, -0.1) is 0 Å². The van der Waals surface area contributed by atoms with Crippen molar-refractivity contribution in [1.82, 2.24) is 10.3 Å². The first-order chi connectivity index (χ1) is 16.2. The molecule has 3 N–H and O–H groups in total. The molecule has 4 rings (SSSR count). The average Bonchev–Trinajstić information content (AvgIpc) is 3.21. The number of fused-ring (bicyclic) bond motifs is 1. The highest BCUT2D eigenvalue weighted by Crippen LogP contribution is 2.33. The number of aromatic hydroxyl groups is 1. The van der Waals surface area contributed by atoms with Gasteiger partial charge in [-0.3, -0.25) is 20.2 Å². The Morgan fingerprint density at radius 2 is 1.97 bits per heavy atom. The highest BCUT2D eigenvalue weighted by Gasteiger charge is 2.19. The highest BCUT2D eigenvalue weighted by atomic mass is 32.1. The van der Waals surface area contributed by atoms with Crippen molar-refractivity contribution in [3.05, 3.63) is 75.8 Å². The zero-order chi connectivity index (χ0) is 24.4. The molecule has 0 radical (unpaired) electrons. The molecule has 1 aromatic heterocycles. The number of benzene rings is 3. The quantitative estimate of drug-likeness (QED) is 0.214. The van der Waals surface area contributed by atoms with Gasteiger partial charge in [-0.25, -0.2) is 4.98 Å². The van der Waals surface area contributed by atoms with Gasteiger partial charge in [0, 0.05) is 23.4 Å². The van der Waals surface area contributed by atoms with E-state index in [4.69, 9.17) is 21.4 Å². The number of rotatable bonds is 5. The van der Waals surface area contributed by atoms with Crippen molar-refractivity contribution in [2.45, 2.75) is 6.92 Å². The molecular weight excluding hydrogens is 460 g/mol. The van der Waals surface area contributed by atoms with E-state index < -0.39 is 10.8 Å². The van der Waals surface area contributed by atoms with E-state index in [-0.39, 0.29) is 33.8 Å². The minimum Gasteiger partial charge on any atom is -0.507 e. The summed E-state index contributed by atoms with van der Waals surface area (Å²) in [4.78, 5) is 27.4. The second-order valence-electron chi connectivity index (χ2n) is 7.27. The summed E-state index contributed by atoms with van der Waals surface area (Å²) in [5.41, 5.74) is 2.78. The fourth-order valence-corrected chi connectivity index (χ4v) is 3.46. The van der Waals surface area contributed by atoms with Crippen LogP contribution in [0.2, 0.25) is 0 Å². The van der Waals surface area contributed by atoms with Crippen LogP contribution < -0.4 is 15.4 Å². The van der Waals surface area contributed by atoms with Crippen molar-refractivity contribution in [1.29, 1.82) is 0 Å². The number of hydrogen-bond acceptors (Lipinski definition) is 8. The highest BCUT2D eigenvalue weighted by molar-refractivity contribution is 7.80. The Morgan fingerprint density at radius 1 is 1.18 bits per heavy atom. The number of ether oxygens (including phenoxy) is 1. The molecule has 1 amide bonds. The summed E-state index contributed by atoms with van der Waals surface area (Å²) in [6.45, 7) is 1.94. The van der Waals surface area contributed by atoms with E-state index in [2.05, 4.69) is 15.6 Å². The topological polar surface area (TPSA) is 140 Å². The summed E-state index contributed by atoms with van der Waals surface area (Å²) in [5.74, 6) is -0.451. The summed E-state index contributed by atoms with van der Waals surface area (Å²) >= 11 is 5.16. The van der Waals surface area contributed by atoms with Crippen LogP contribution in [0.3, 0.4) is 0 Å². The number of thiocarbonyl (C=S) groups is 1. The van der Waals surface area contributed by atoms with Crippen LogP contribution in [0.15, 0.2) is 59.0 Å². The maximum Gasteiger partial charge on any atom is 0.311 e.